The van der Waals surface area contributed by atoms with Gasteiger partial charge in [-0.2, -0.15) is 0 Å². The maximum absolute atomic E-state index is 12.7. The van der Waals surface area contributed by atoms with Crippen LogP contribution in [0.3, 0.4) is 0 Å². The van der Waals surface area contributed by atoms with Gasteiger partial charge in [0.25, 0.3) is 5.91 Å². The summed E-state index contributed by atoms with van der Waals surface area (Å²) < 4.78 is 12.5. The van der Waals surface area contributed by atoms with E-state index in [0.717, 1.165) is 4.47 Å². The minimum absolute atomic E-state index is 0.0452. The van der Waals surface area contributed by atoms with E-state index >= 15 is 0 Å². The Labute approximate surface area is 149 Å². The Hall–Kier alpha value is -1.18. The van der Waals surface area contributed by atoms with Crippen molar-refractivity contribution in [3.05, 3.63) is 43.1 Å². The summed E-state index contributed by atoms with van der Waals surface area (Å²) in [5.41, 5.74) is -0.153. The van der Waals surface area contributed by atoms with Gasteiger partial charge in [-0.05, 0) is 48.0 Å². The number of morpholine rings is 1. The predicted octanol–water partition coefficient (Wildman–Crippen LogP) is 3.57. The van der Waals surface area contributed by atoms with Crippen LogP contribution in [0, 0.1) is 0 Å². The molecule has 0 aliphatic carbocycles. The quantitative estimate of drug-likeness (QED) is 0.631. The van der Waals surface area contributed by atoms with Gasteiger partial charge in [-0.15, -0.1) is 0 Å². The molecule has 1 saturated heterocycles. The maximum atomic E-state index is 12.7. The second-order valence-electron chi connectivity index (χ2n) is 5.72. The van der Waals surface area contributed by atoms with Crippen LogP contribution >= 0.6 is 31.9 Å². The molecular formula is C16H15Br2NO4. The van der Waals surface area contributed by atoms with Crippen LogP contribution in [0.25, 0.3) is 11.0 Å². The lowest BCUT2D eigenvalue weighted by atomic mass is 10.1. The number of ether oxygens (including phenoxy) is 1. The number of rotatable bonds is 1. The highest BCUT2D eigenvalue weighted by atomic mass is 79.9. The topological polar surface area (TPSA) is 59.8 Å². The number of carbonyl (C=O) groups excluding carboxylic acids is 1. The van der Waals surface area contributed by atoms with Gasteiger partial charge in [0.2, 0.25) is 0 Å². The highest BCUT2D eigenvalue weighted by molar-refractivity contribution is 9.11. The molecular weight excluding hydrogens is 430 g/mol. The number of amides is 1. The fourth-order valence-electron chi connectivity index (χ4n) is 2.82. The Morgan fingerprint density at radius 1 is 1.17 bits per heavy atom. The zero-order valence-electron chi connectivity index (χ0n) is 12.6. The molecule has 5 nitrogen and oxygen atoms in total. The molecule has 1 amide bonds. The van der Waals surface area contributed by atoms with Crippen molar-refractivity contribution in [2.45, 2.75) is 26.1 Å². The van der Waals surface area contributed by atoms with Crippen LogP contribution in [0.1, 0.15) is 24.2 Å². The van der Waals surface area contributed by atoms with Crippen molar-refractivity contribution in [3.8, 4) is 0 Å². The SMILES string of the molecule is C[C@H]1CN(C(=O)c2cc3cc(Br)cc(Br)c3oc2=O)C[C@H](C)O1. The first-order valence-corrected chi connectivity index (χ1v) is 8.81. The van der Waals surface area contributed by atoms with E-state index in [-0.39, 0.29) is 23.7 Å². The number of nitrogens with zero attached hydrogens (tertiary/aromatic N) is 1. The van der Waals surface area contributed by atoms with Gasteiger partial charge >= 0.3 is 5.63 Å². The monoisotopic (exact) mass is 443 g/mol. The Balaban J connectivity index is 2.04. The number of hydrogen-bond acceptors (Lipinski definition) is 4. The van der Waals surface area contributed by atoms with E-state index in [9.17, 15) is 9.59 Å². The summed E-state index contributed by atoms with van der Waals surface area (Å²) in [7, 11) is 0. The standard InChI is InChI=1S/C16H15Br2NO4/c1-8-6-19(7-9(2)22-8)15(20)12-4-10-3-11(17)5-13(18)14(10)23-16(12)21/h3-5,8-9H,6-7H2,1-2H3/t8-,9-/m0/s1. The average Bonchev–Trinajstić information content (AvgIpc) is 2.46. The molecule has 0 radical (unpaired) electrons. The lowest BCUT2D eigenvalue weighted by molar-refractivity contribution is -0.0587. The molecule has 0 bridgehead atoms. The highest BCUT2D eigenvalue weighted by Gasteiger charge is 2.28. The molecule has 3 rings (SSSR count). The van der Waals surface area contributed by atoms with E-state index in [1.54, 1.807) is 17.0 Å². The molecule has 0 saturated carbocycles. The number of hydrogen-bond donors (Lipinski definition) is 0. The van der Waals surface area contributed by atoms with Crippen LogP contribution in [0.15, 0.2) is 36.4 Å². The summed E-state index contributed by atoms with van der Waals surface area (Å²) in [6.07, 6.45) is -0.114. The van der Waals surface area contributed by atoms with Crippen molar-refractivity contribution in [1.29, 1.82) is 0 Å². The largest absolute Gasteiger partial charge is 0.421 e. The van der Waals surface area contributed by atoms with Crippen molar-refractivity contribution in [2.24, 2.45) is 0 Å². The van der Waals surface area contributed by atoms with Gasteiger partial charge in [0.15, 0.2) is 5.58 Å². The summed E-state index contributed by atoms with van der Waals surface area (Å²) in [6.45, 7) is 4.74. The van der Waals surface area contributed by atoms with Gasteiger partial charge in [-0.1, -0.05) is 15.9 Å². The summed E-state index contributed by atoms with van der Waals surface area (Å²) in [5, 5.41) is 0.684. The summed E-state index contributed by atoms with van der Waals surface area (Å²) in [5.74, 6) is -0.321. The molecule has 1 aromatic heterocycles. The Morgan fingerprint density at radius 2 is 1.83 bits per heavy atom. The van der Waals surface area contributed by atoms with E-state index in [0.29, 0.717) is 28.5 Å². The molecule has 1 aliphatic heterocycles. The van der Waals surface area contributed by atoms with E-state index in [1.807, 2.05) is 19.9 Å². The van der Waals surface area contributed by atoms with Crippen molar-refractivity contribution >= 4 is 48.7 Å². The third kappa shape index (κ3) is 3.36. The van der Waals surface area contributed by atoms with Crippen LogP contribution in [0.2, 0.25) is 0 Å². The van der Waals surface area contributed by atoms with Crippen molar-refractivity contribution in [3.63, 3.8) is 0 Å². The minimum Gasteiger partial charge on any atom is -0.421 e. The summed E-state index contributed by atoms with van der Waals surface area (Å²) in [6, 6.07) is 5.19. The van der Waals surface area contributed by atoms with Crippen molar-refractivity contribution in [1.82, 2.24) is 4.90 Å². The van der Waals surface area contributed by atoms with Crippen LogP contribution in [0.4, 0.5) is 0 Å². The molecule has 0 spiro atoms. The number of carbonyl (C=O) groups is 1. The van der Waals surface area contributed by atoms with Gasteiger partial charge in [-0.25, -0.2) is 4.79 Å². The number of benzene rings is 1. The highest BCUT2D eigenvalue weighted by Crippen LogP contribution is 2.28. The van der Waals surface area contributed by atoms with Crippen LogP contribution < -0.4 is 5.63 Å². The lowest BCUT2D eigenvalue weighted by Crippen LogP contribution is -2.49. The molecule has 7 heteroatoms. The molecule has 2 atom stereocenters. The lowest BCUT2D eigenvalue weighted by Gasteiger charge is -2.35. The Morgan fingerprint density at radius 3 is 2.48 bits per heavy atom. The fourth-order valence-corrected chi connectivity index (χ4v) is 4.16. The van der Waals surface area contributed by atoms with Gasteiger partial charge in [-0.3, -0.25) is 4.79 Å². The van der Waals surface area contributed by atoms with Gasteiger partial charge < -0.3 is 14.1 Å². The van der Waals surface area contributed by atoms with E-state index < -0.39 is 5.63 Å². The third-order valence-corrected chi connectivity index (χ3v) is 4.74. The van der Waals surface area contributed by atoms with Crippen LogP contribution in [-0.4, -0.2) is 36.1 Å². The molecule has 1 aromatic carbocycles. The maximum Gasteiger partial charge on any atom is 0.349 e. The third-order valence-electron chi connectivity index (χ3n) is 3.69. The van der Waals surface area contributed by atoms with Crippen LogP contribution in [-0.2, 0) is 4.74 Å². The zero-order valence-corrected chi connectivity index (χ0v) is 15.8. The van der Waals surface area contributed by atoms with Gasteiger partial charge in [0, 0.05) is 22.9 Å². The molecule has 122 valence electrons. The molecule has 0 N–H and O–H groups in total. The first-order valence-electron chi connectivity index (χ1n) is 7.23. The second-order valence-corrected chi connectivity index (χ2v) is 7.49. The van der Waals surface area contributed by atoms with Crippen molar-refractivity contribution in [2.75, 3.05) is 13.1 Å². The molecule has 2 heterocycles. The molecule has 1 aliphatic rings. The molecule has 0 unspecified atom stereocenters. The summed E-state index contributed by atoms with van der Waals surface area (Å²) >= 11 is 6.76. The number of fused-ring (bicyclic) bond motifs is 1. The fraction of sp³-hybridized carbons (Fsp3) is 0.375. The second kappa shape index (κ2) is 6.37. The van der Waals surface area contributed by atoms with E-state index in [1.165, 1.54) is 0 Å². The normalized spacial score (nSPS) is 21.7. The molecule has 23 heavy (non-hydrogen) atoms. The van der Waals surface area contributed by atoms with Gasteiger partial charge in [0.05, 0.1) is 16.7 Å². The van der Waals surface area contributed by atoms with E-state index in [4.69, 9.17) is 9.15 Å². The predicted molar refractivity (Wildman–Crippen MR) is 93.8 cm³/mol. The first kappa shape index (κ1) is 16.7. The molecule has 2 aromatic rings. The smallest absolute Gasteiger partial charge is 0.349 e. The van der Waals surface area contributed by atoms with Gasteiger partial charge in [0.1, 0.15) is 5.56 Å². The first-order chi connectivity index (χ1) is 10.8. The zero-order chi connectivity index (χ0) is 16.7. The average molecular weight is 445 g/mol. The van der Waals surface area contributed by atoms with Crippen molar-refractivity contribution < 1.29 is 13.9 Å². The molecule has 1 fully saturated rings. The van der Waals surface area contributed by atoms with E-state index in [2.05, 4.69) is 31.9 Å². The summed E-state index contributed by atoms with van der Waals surface area (Å²) in [4.78, 5) is 26.6. The van der Waals surface area contributed by atoms with Crippen LogP contribution in [0.5, 0.6) is 0 Å². The Kier molecular flexibility index (Phi) is 4.62. The number of halogens is 2. The minimum atomic E-state index is -0.627. The Bertz CT molecular complexity index is 823.